The summed E-state index contributed by atoms with van der Waals surface area (Å²) in [6.07, 6.45) is 1.80. The Labute approximate surface area is 87.9 Å². The number of carbonyl (C=O) groups excluding carboxylic acids is 1. The molecular weight excluding hydrogens is 231 g/mol. The van der Waals surface area contributed by atoms with Crippen molar-refractivity contribution in [2.24, 2.45) is 0 Å². The minimum atomic E-state index is -2.27. The van der Waals surface area contributed by atoms with Gasteiger partial charge in [-0.2, -0.15) is 0 Å². The van der Waals surface area contributed by atoms with Gasteiger partial charge in [0.15, 0.2) is 5.62 Å². The smallest absolute Gasteiger partial charge is 0.333 e. The molecule has 0 rings (SSSR count). The summed E-state index contributed by atoms with van der Waals surface area (Å²) in [6.45, 7) is 3.47. The Morgan fingerprint density at radius 2 is 2.23 bits per heavy atom. The van der Waals surface area contributed by atoms with Crippen molar-refractivity contribution in [1.29, 1.82) is 0 Å². The number of allylic oxidation sites excluding steroid dienone is 1. The van der Waals surface area contributed by atoms with Crippen LogP contribution in [-0.4, -0.2) is 19.2 Å². The normalized spacial score (nSPS) is 16.2. The predicted octanol–water partition coefficient (Wildman–Crippen LogP) is 2.65. The summed E-state index contributed by atoms with van der Waals surface area (Å²) in [5, 5.41) is 0. The summed E-state index contributed by atoms with van der Waals surface area (Å²) in [6, 6.07) is 0. The van der Waals surface area contributed by atoms with Gasteiger partial charge in [0.25, 0.3) is 0 Å². The van der Waals surface area contributed by atoms with Gasteiger partial charge in [-0.1, -0.05) is 6.92 Å². The van der Waals surface area contributed by atoms with Gasteiger partial charge in [-0.05, 0) is 30.0 Å². The lowest BCUT2D eigenvalue weighted by atomic mass is 10.5. The number of hydrogen-bond acceptors (Lipinski definition) is 4. The van der Waals surface area contributed by atoms with Gasteiger partial charge in [0.2, 0.25) is 0 Å². The van der Waals surface area contributed by atoms with E-state index in [4.69, 9.17) is 27.6 Å². The van der Waals surface area contributed by atoms with E-state index in [1.807, 2.05) is 6.92 Å². The molecule has 0 heterocycles. The maximum atomic E-state index is 10.8. The molecule has 0 amide bonds. The van der Waals surface area contributed by atoms with Gasteiger partial charge in [0, 0.05) is 6.16 Å². The van der Waals surface area contributed by atoms with Crippen molar-refractivity contribution in [3.05, 3.63) is 11.8 Å². The van der Waals surface area contributed by atoms with Crippen molar-refractivity contribution in [3.63, 3.8) is 0 Å². The summed E-state index contributed by atoms with van der Waals surface area (Å²) in [4.78, 5) is 10.8. The molecule has 3 nitrogen and oxygen atoms in total. The fraction of sp³-hybridized carbons (Fsp3) is 0.571. The SMILES string of the molecule is CCP(=S)(Cl)OC(C)=CC(=O)OC. The summed E-state index contributed by atoms with van der Waals surface area (Å²) < 4.78 is 9.62. The first-order chi connectivity index (χ1) is 5.91. The van der Waals surface area contributed by atoms with E-state index in [2.05, 4.69) is 4.74 Å². The molecule has 0 aromatic rings. The van der Waals surface area contributed by atoms with Gasteiger partial charge < -0.3 is 9.26 Å². The van der Waals surface area contributed by atoms with Crippen LogP contribution in [0.1, 0.15) is 13.8 Å². The lowest BCUT2D eigenvalue weighted by Gasteiger charge is -2.13. The summed E-state index contributed by atoms with van der Waals surface area (Å²) in [7, 11) is 1.29. The maximum absolute atomic E-state index is 10.8. The predicted molar refractivity (Wildman–Crippen MR) is 57.5 cm³/mol. The van der Waals surface area contributed by atoms with E-state index < -0.39 is 11.6 Å². The average Bonchev–Trinajstić information content (AvgIpc) is 2.03. The van der Waals surface area contributed by atoms with E-state index in [1.54, 1.807) is 6.92 Å². The molecule has 0 radical (unpaired) electrons. The highest BCUT2D eigenvalue weighted by atomic mass is 35.7. The van der Waals surface area contributed by atoms with Crippen LogP contribution >= 0.6 is 16.9 Å². The Balaban J connectivity index is 4.30. The molecule has 1 unspecified atom stereocenters. The fourth-order valence-corrected chi connectivity index (χ4v) is 1.82. The third kappa shape index (κ3) is 6.08. The van der Waals surface area contributed by atoms with Crippen molar-refractivity contribution >= 4 is 34.6 Å². The monoisotopic (exact) mass is 242 g/mol. The summed E-state index contributed by atoms with van der Waals surface area (Å²) in [5.74, 6) is -0.0766. The van der Waals surface area contributed by atoms with Crippen LogP contribution < -0.4 is 0 Å². The first-order valence-corrected chi connectivity index (χ1v) is 7.47. The van der Waals surface area contributed by atoms with Crippen LogP contribution in [0.2, 0.25) is 0 Å². The first-order valence-electron chi connectivity index (χ1n) is 3.66. The average molecular weight is 243 g/mol. The quantitative estimate of drug-likeness (QED) is 0.329. The molecule has 6 heteroatoms. The highest BCUT2D eigenvalue weighted by Gasteiger charge is 2.12. The highest BCUT2D eigenvalue weighted by molar-refractivity contribution is 8.24. The molecule has 0 aromatic heterocycles. The van der Waals surface area contributed by atoms with Gasteiger partial charge in [-0.3, -0.25) is 0 Å². The van der Waals surface area contributed by atoms with Gasteiger partial charge in [-0.25, -0.2) is 4.79 Å². The Bertz CT molecular complexity index is 264. The summed E-state index contributed by atoms with van der Waals surface area (Å²) in [5.41, 5.74) is -2.27. The third-order valence-electron chi connectivity index (χ3n) is 1.18. The Hall–Kier alpha value is -0.0500. The van der Waals surface area contributed by atoms with Crippen molar-refractivity contribution in [3.8, 4) is 0 Å². The minimum absolute atomic E-state index is 0.395. The molecule has 76 valence electrons. The minimum Gasteiger partial charge on any atom is -0.466 e. The molecule has 0 N–H and O–H groups in total. The van der Waals surface area contributed by atoms with E-state index in [0.29, 0.717) is 11.9 Å². The van der Waals surface area contributed by atoms with Gasteiger partial charge in [0.1, 0.15) is 5.76 Å². The zero-order valence-electron chi connectivity index (χ0n) is 7.74. The van der Waals surface area contributed by atoms with Crippen LogP contribution in [0.4, 0.5) is 0 Å². The Morgan fingerprint density at radius 1 is 1.69 bits per heavy atom. The molecule has 13 heavy (non-hydrogen) atoms. The van der Waals surface area contributed by atoms with Gasteiger partial charge in [0.05, 0.1) is 13.2 Å². The molecule has 0 saturated heterocycles. The molecule has 1 atom stereocenters. The molecule has 0 fully saturated rings. The van der Waals surface area contributed by atoms with Crippen molar-refractivity contribution in [2.45, 2.75) is 13.8 Å². The molecule has 0 saturated carbocycles. The number of ether oxygens (including phenoxy) is 1. The molecule has 0 aliphatic carbocycles. The van der Waals surface area contributed by atoms with Crippen LogP contribution in [0.5, 0.6) is 0 Å². The van der Waals surface area contributed by atoms with Crippen LogP contribution in [0.25, 0.3) is 0 Å². The number of hydrogen-bond donors (Lipinski definition) is 0. The van der Waals surface area contributed by atoms with Crippen molar-refractivity contribution in [1.82, 2.24) is 0 Å². The van der Waals surface area contributed by atoms with Crippen LogP contribution in [0.3, 0.4) is 0 Å². The largest absolute Gasteiger partial charge is 0.466 e. The van der Waals surface area contributed by atoms with Crippen LogP contribution in [0, 0.1) is 0 Å². The molecule has 0 bridgehead atoms. The molecule has 0 spiro atoms. The number of esters is 1. The fourth-order valence-electron chi connectivity index (χ4n) is 0.531. The molecular formula is C7H12ClO3PS. The van der Waals surface area contributed by atoms with Gasteiger partial charge in [-0.15, -0.1) is 0 Å². The van der Waals surface area contributed by atoms with Gasteiger partial charge >= 0.3 is 5.97 Å². The van der Waals surface area contributed by atoms with Crippen LogP contribution in [-0.2, 0) is 25.9 Å². The Kier molecular flexibility index (Phi) is 5.61. The zero-order chi connectivity index (χ0) is 10.5. The van der Waals surface area contributed by atoms with E-state index in [9.17, 15) is 4.79 Å². The number of methoxy groups -OCH3 is 1. The third-order valence-corrected chi connectivity index (χ3v) is 4.42. The maximum Gasteiger partial charge on any atom is 0.333 e. The van der Waals surface area contributed by atoms with E-state index >= 15 is 0 Å². The number of carbonyl (C=O) groups is 1. The number of rotatable bonds is 4. The zero-order valence-corrected chi connectivity index (χ0v) is 10.2. The standard InChI is InChI=1S/C7H12ClO3PS/c1-4-12(8,13)11-6(2)5-7(9)10-3/h5H,4H2,1-3H3. The van der Waals surface area contributed by atoms with Crippen molar-refractivity contribution < 1.29 is 14.1 Å². The van der Waals surface area contributed by atoms with Crippen molar-refractivity contribution in [2.75, 3.05) is 13.3 Å². The molecule has 0 aromatic carbocycles. The second kappa shape index (κ2) is 5.63. The highest BCUT2D eigenvalue weighted by Crippen LogP contribution is 2.53. The molecule has 0 aliphatic heterocycles. The Morgan fingerprint density at radius 3 is 2.62 bits per heavy atom. The second-order valence-corrected chi connectivity index (χ2v) is 8.28. The lowest BCUT2D eigenvalue weighted by molar-refractivity contribution is -0.135. The molecule has 0 aliphatic rings. The first kappa shape index (κ1) is 12.9. The second-order valence-electron chi connectivity index (χ2n) is 2.28. The van der Waals surface area contributed by atoms with Crippen LogP contribution in [0.15, 0.2) is 11.8 Å². The summed E-state index contributed by atoms with van der Waals surface area (Å²) >= 11 is 10.8. The lowest BCUT2D eigenvalue weighted by Crippen LogP contribution is -1.97. The topological polar surface area (TPSA) is 35.5 Å². The van der Waals surface area contributed by atoms with E-state index in [1.165, 1.54) is 13.2 Å². The number of halogens is 1. The van der Waals surface area contributed by atoms with E-state index in [-0.39, 0.29) is 0 Å². The van der Waals surface area contributed by atoms with E-state index in [0.717, 1.165) is 0 Å².